The lowest BCUT2D eigenvalue weighted by atomic mass is 10.1. The van der Waals surface area contributed by atoms with E-state index in [0.717, 1.165) is 12.1 Å². The van der Waals surface area contributed by atoms with Crippen LogP contribution in [0.25, 0.3) is 11.3 Å². The zero-order valence-corrected chi connectivity index (χ0v) is 14.1. The van der Waals surface area contributed by atoms with Gasteiger partial charge in [-0.15, -0.1) is 5.10 Å². The highest BCUT2D eigenvalue weighted by Crippen LogP contribution is 2.30. The van der Waals surface area contributed by atoms with E-state index in [2.05, 4.69) is 25.5 Å². The summed E-state index contributed by atoms with van der Waals surface area (Å²) in [5.74, 6) is 0.994. The second-order valence-corrected chi connectivity index (χ2v) is 5.56. The molecule has 3 aromatic rings. The van der Waals surface area contributed by atoms with Gasteiger partial charge in [0.05, 0.1) is 30.3 Å². The van der Waals surface area contributed by atoms with Crippen LogP contribution >= 0.6 is 0 Å². The van der Waals surface area contributed by atoms with Gasteiger partial charge >= 0.3 is 6.18 Å². The van der Waals surface area contributed by atoms with E-state index in [1.54, 1.807) is 18.5 Å². The molecule has 0 fully saturated rings. The molecule has 0 amide bonds. The van der Waals surface area contributed by atoms with Crippen LogP contribution in [0, 0.1) is 0 Å². The number of pyridine rings is 1. The zero-order chi connectivity index (χ0) is 19.1. The predicted octanol–water partition coefficient (Wildman–Crippen LogP) is 3.83. The van der Waals surface area contributed by atoms with Gasteiger partial charge in [0.2, 0.25) is 5.95 Å². The van der Waals surface area contributed by atoms with Gasteiger partial charge in [-0.25, -0.2) is 4.98 Å². The van der Waals surface area contributed by atoms with Crippen molar-refractivity contribution >= 4 is 5.95 Å². The number of hydrogen-bond acceptors (Lipinski definition) is 6. The molecule has 2 aromatic heterocycles. The Morgan fingerprint density at radius 2 is 1.85 bits per heavy atom. The maximum absolute atomic E-state index is 12.6. The first kappa shape index (κ1) is 18.6. The first-order valence-corrected chi connectivity index (χ1v) is 8.16. The molecule has 6 nitrogen and oxygen atoms in total. The Morgan fingerprint density at radius 3 is 2.56 bits per heavy atom. The summed E-state index contributed by atoms with van der Waals surface area (Å²) in [5.41, 5.74) is 0.258. The summed E-state index contributed by atoms with van der Waals surface area (Å²) in [4.78, 5) is 8.23. The van der Waals surface area contributed by atoms with E-state index in [4.69, 9.17) is 4.74 Å². The second kappa shape index (κ2) is 8.43. The molecule has 140 valence electrons. The van der Waals surface area contributed by atoms with Crippen molar-refractivity contribution < 1.29 is 17.9 Å². The topological polar surface area (TPSA) is 72.8 Å². The minimum atomic E-state index is -4.37. The van der Waals surface area contributed by atoms with Crippen molar-refractivity contribution in [3.05, 3.63) is 60.6 Å². The summed E-state index contributed by atoms with van der Waals surface area (Å²) < 4.78 is 43.4. The molecular weight excluding hydrogens is 359 g/mol. The summed E-state index contributed by atoms with van der Waals surface area (Å²) in [6, 6.07) is 8.36. The van der Waals surface area contributed by atoms with E-state index in [1.807, 2.05) is 6.07 Å². The number of nitrogens with one attached hydrogen (secondary N) is 1. The van der Waals surface area contributed by atoms with E-state index in [9.17, 15) is 13.2 Å². The first-order chi connectivity index (χ1) is 13.0. The molecule has 9 heteroatoms. The lowest BCUT2D eigenvalue weighted by molar-refractivity contribution is -0.137. The lowest BCUT2D eigenvalue weighted by Crippen LogP contribution is -2.10. The summed E-state index contributed by atoms with van der Waals surface area (Å²) in [5, 5.41) is 10.7. The number of nitrogens with zero attached hydrogens (tertiary/aromatic N) is 4. The quantitative estimate of drug-likeness (QED) is 0.633. The van der Waals surface area contributed by atoms with Gasteiger partial charge in [-0.1, -0.05) is 12.1 Å². The largest absolute Gasteiger partial charge is 0.492 e. The van der Waals surface area contributed by atoms with Gasteiger partial charge in [-0.2, -0.15) is 18.3 Å². The van der Waals surface area contributed by atoms with Gasteiger partial charge in [-0.3, -0.25) is 4.98 Å². The third-order valence-corrected chi connectivity index (χ3v) is 3.57. The van der Waals surface area contributed by atoms with Crippen molar-refractivity contribution in [3.63, 3.8) is 0 Å². The number of aromatic nitrogens is 4. The Hall–Kier alpha value is -3.23. The van der Waals surface area contributed by atoms with Crippen LogP contribution in [0.2, 0.25) is 0 Å². The summed E-state index contributed by atoms with van der Waals surface area (Å²) >= 11 is 0. The maximum atomic E-state index is 12.6. The smallest absolute Gasteiger partial charge is 0.416 e. The van der Waals surface area contributed by atoms with Crippen molar-refractivity contribution in [3.8, 4) is 17.0 Å². The fourth-order valence-electron chi connectivity index (χ4n) is 2.24. The van der Waals surface area contributed by atoms with E-state index in [0.29, 0.717) is 42.5 Å². The average Bonchev–Trinajstić information content (AvgIpc) is 2.68. The zero-order valence-electron chi connectivity index (χ0n) is 14.1. The van der Waals surface area contributed by atoms with Crippen LogP contribution in [0.15, 0.2) is 55.0 Å². The Morgan fingerprint density at radius 1 is 1.04 bits per heavy atom. The minimum Gasteiger partial charge on any atom is -0.492 e. The molecule has 0 bridgehead atoms. The molecule has 2 heterocycles. The van der Waals surface area contributed by atoms with Gasteiger partial charge in [0, 0.05) is 18.3 Å². The van der Waals surface area contributed by atoms with E-state index < -0.39 is 11.7 Å². The van der Waals surface area contributed by atoms with Crippen molar-refractivity contribution in [2.45, 2.75) is 12.6 Å². The number of benzene rings is 1. The number of alkyl halides is 3. The van der Waals surface area contributed by atoms with Gasteiger partial charge in [-0.05, 0) is 30.7 Å². The molecule has 0 aliphatic heterocycles. The molecule has 0 spiro atoms. The van der Waals surface area contributed by atoms with Crippen LogP contribution in [0.5, 0.6) is 5.75 Å². The molecule has 0 radical (unpaired) electrons. The van der Waals surface area contributed by atoms with Crippen molar-refractivity contribution in [1.29, 1.82) is 0 Å². The predicted molar refractivity (Wildman–Crippen MR) is 93.1 cm³/mol. The van der Waals surface area contributed by atoms with Crippen molar-refractivity contribution in [2.24, 2.45) is 0 Å². The van der Waals surface area contributed by atoms with E-state index in [1.165, 1.54) is 18.3 Å². The van der Waals surface area contributed by atoms with Crippen LogP contribution in [-0.2, 0) is 6.18 Å². The van der Waals surface area contributed by atoms with Gasteiger partial charge in [0.25, 0.3) is 0 Å². The number of halogens is 3. The standard InChI is InChI=1S/C18H16F3N5O/c19-18(20,21)14-6-4-13(5-7-14)16-12-24-26-17(25-16)23-9-2-10-27-15-3-1-8-22-11-15/h1,3-8,11-12H,2,9-10H2,(H,23,25,26). The molecule has 0 atom stereocenters. The van der Waals surface area contributed by atoms with Crippen molar-refractivity contribution in [1.82, 2.24) is 20.2 Å². The molecule has 0 saturated carbocycles. The molecule has 27 heavy (non-hydrogen) atoms. The minimum absolute atomic E-state index is 0.300. The molecule has 1 aromatic carbocycles. The highest BCUT2D eigenvalue weighted by atomic mass is 19.4. The third kappa shape index (κ3) is 5.37. The average molecular weight is 375 g/mol. The highest BCUT2D eigenvalue weighted by molar-refractivity contribution is 5.59. The molecule has 1 N–H and O–H groups in total. The molecule has 0 aliphatic carbocycles. The SMILES string of the molecule is FC(F)(F)c1ccc(-c2cnnc(NCCCOc3cccnc3)n2)cc1. The third-order valence-electron chi connectivity index (χ3n) is 3.57. The normalized spacial score (nSPS) is 11.2. The van der Waals surface area contributed by atoms with Crippen LogP contribution in [0.1, 0.15) is 12.0 Å². The number of ether oxygens (including phenoxy) is 1. The van der Waals surface area contributed by atoms with Gasteiger partial charge < -0.3 is 10.1 Å². The Bertz CT molecular complexity index is 857. The first-order valence-electron chi connectivity index (χ1n) is 8.16. The lowest BCUT2D eigenvalue weighted by Gasteiger charge is -2.09. The molecule has 0 saturated heterocycles. The number of rotatable bonds is 7. The van der Waals surface area contributed by atoms with Gasteiger partial charge in [0.1, 0.15) is 5.75 Å². The van der Waals surface area contributed by atoms with E-state index in [-0.39, 0.29) is 0 Å². The molecule has 0 unspecified atom stereocenters. The summed E-state index contributed by atoms with van der Waals surface area (Å²) in [6.07, 6.45) is 1.03. The van der Waals surface area contributed by atoms with Crippen LogP contribution in [0.4, 0.5) is 19.1 Å². The van der Waals surface area contributed by atoms with Crippen molar-refractivity contribution in [2.75, 3.05) is 18.5 Å². The number of anilines is 1. The fraction of sp³-hybridized carbons (Fsp3) is 0.222. The summed E-state index contributed by atoms with van der Waals surface area (Å²) in [6.45, 7) is 1.04. The Kier molecular flexibility index (Phi) is 5.80. The fourth-order valence-corrected chi connectivity index (χ4v) is 2.24. The molecular formula is C18H16F3N5O. The van der Waals surface area contributed by atoms with Crippen LogP contribution in [0.3, 0.4) is 0 Å². The highest BCUT2D eigenvalue weighted by Gasteiger charge is 2.30. The van der Waals surface area contributed by atoms with Crippen LogP contribution < -0.4 is 10.1 Å². The molecule has 0 aliphatic rings. The summed E-state index contributed by atoms with van der Waals surface area (Å²) in [7, 11) is 0. The second-order valence-electron chi connectivity index (χ2n) is 5.56. The van der Waals surface area contributed by atoms with E-state index >= 15 is 0 Å². The Balaban J connectivity index is 1.53. The van der Waals surface area contributed by atoms with Gasteiger partial charge in [0.15, 0.2) is 0 Å². The number of hydrogen-bond donors (Lipinski definition) is 1. The maximum Gasteiger partial charge on any atom is 0.416 e. The van der Waals surface area contributed by atoms with Crippen LogP contribution in [-0.4, -0.2) is 33.3 Å². The Labute approximate surface area is 153 Å². The monoisotopic (exact) mass is 375 g/mol. The molecule has 3 rings (SSSR count).